The van der Waals surface area contributed by atoms with Crippen LogP contribution in [0.15, 0.2) is 0 Å². The number of urea groups is 1. The van der Waals surface area contributed by atoms with Gasteiger partial charge < -0.3 is 15.0 Å². The van der Waals surface area contributed by atoms with Gasteiger partial charge in [0.2, 0.25) is 0 Å². The lowest BCUT2D eigenvalue weighted by molar-refractivity contribution is -0.153. The van der Waals surface area contributed by atoms with Crippen molar-refractivity contribution in [2.24, 2.45) is 0 Å². The summed E-state index contributed by atoms with van der Waals surface area (Å²) in [5.41, 5.74) is -0.320. The molecule has 0 spiro atoms. The molecule has 2 unspecified atom stereocenters. The maximum Gasteiger partial charge on any atom is 0.401 e. The van der Waals surface area contributed by atoms with Crippen LogP contribution in [0.4, 0.5) is 18.0 Å². The first-order valence-corrected chi connectivity index (χ1v) is 7.66. The lowest BCUT2D eigenvalue weighted by atomic mass is 10.0. The molecule has 2 atom stereocenters. The Bertz CT molecular complexity index is 397. The molecular formula is C14H24F3N3O2. The fourth-order valence-electron chi connectivity index (χ4n) is 3.00. The molecule has 2 heterocycles. The monoisotopic (exact) mass is 323 g/mol. The Morgan fingerprint density at radius 3 is 2.68 bits per heavy atom. The van der Waals surface area contributed by atoms with E-state index < -0.39 is 12.7 Å². The van der Waals surface area contributed by atoms with Gasteiger partial charge in [-0.15, -0.1) is 0 Å². The van der Waals surface area contributed by atoms with Gasteiger partial charge in [0.15, 0.2) is 0 Å². The molecule has 0 bridgehead atoms. The van der Waals surface area contributed by atoms with E-state index in [0.29, 0.717) is 26.2 Å². The minimum absolute atomic E-state index is 0.227. The van der Waals surface area contributed by atoms with Crippen LogP contribution in [-0.4, -0.2) is 73.0 Å². The van der Waals surface area contributed by atoms with Gasteiger partial charge in [0.1, 0.15) is 0 Å². The van der Waals surface area contributed by atoms with Gasteiger partial charge in [0.25, 0.3) is 0 Å². The SMILES string of the molecule is CC1CN(C(=O)NCC2(C)CCCO2)CCN1CC(F)(F)F. The van der Waals surface area contributed by atoms with Gasteiger partial charge in [-0.1, -0.05) is 0 Å². The lowest BCUT2D eigenvalue weighted by Crippen LogP contribution is -2.58. The third kappa shape index (κ3) is 4.74. The molecule has 128 valence electrons. The molecule has 22 heavy (non-hydrogen) atoms. The summed E-state index contributed by atoms with van der Waals surface area (Å²) in [5, 5.41) is 2.84. The number of carbonyl (C=O) groups is 1. The van der Waals surface area contributed by atoms with Crippen LogP contribution in [-0.2, 0) is 4.74 Å². The molecule has 2 fully saturated rings. The zero-order valence-corrected chi connectivity index (χ0v) is 13.1. The van der Waals surface area contributed by atoms with E-state index in [2.05, 4.69) is 5.32 Å². The average molecular weight is 323 g/mol. The van der Waals surface area contributed by atoms with Gasteiger partial charge in [-0.25, -0.2) is 4.79 Å². The van der Waals surface area contributed by atoms with Crippen LogP contribution in [0.25, 0.3) is 0 Å². The number of nitrogens with one attached hydrogen (secondary N) is 1. The highest BCUT2D eigenvalue weighted by atomic mass is 19.4. The second-order valence-electron chi connectivity index (χ2n) is 6.44. The number of piperazine rings is 1. The summed E-state index contributed by atoms with van der Waals surface area (Å²) in [6, 6.07) is -0.533. The van der Waals surface area contributed by atoms with E-state index in [1.807, 2.05) is 6.92 Å². The number of nitrogens with zero attached hydrogens (tertiary/aromatic N) is 2. The Morgan fingerprint density at radius 1 is 1.41 bits per heavy atom. The molecule has 0 aliphatic carbocycles. The Morgan fingerprint density at radius 2 is 2.14 bits per heavy atom. The van der Waals surface area contributed by atoms with Crippen molar-refractivity contribution in [1.82, 2.24) is 15.1 Å². The molecule has 1 N–H and O–H groups in total. The predicted octanol–water partition coefficient (Wildman–Crippen LogP) is 1.83. The summed E-state index contributed by atoms with van der Waals surface area (Å²) >= 11 is 0. The zero-order valence-electron chi connectivity index (χ0n) is 13.1. The van der Waals surface area contributed by atoms with Crippen molar-refractivity contribution in [2.75, 3.05) is 39.3 Å². The van der Waals surface area contributed by atoms with Gasteiger partial charge in [-0.3, -0.25) is 4.90 Å². The minimum Gasteiger partial charge on any atom is -0.373 e. The van der Waals surface area contributed by atoms with Gasteiger partial charge in [-0.05, 0) is 26.7 Å². The maximum absolute atomic E-state index is 12.5. The first kappa shape index (κ1) is 17.3. The van der Waals surface area contributed by atoms with E-state index in [0.717, 1.165) is 12.8 Å². The number of rotatable bonds is 3. The maximum atomic E-state index is 12.5. The van der Waals surface area contributed by atoms with Crippen LogP contribution in [0.5, 0.6) is 0 Å². The number of ether oxygens (including phenoxy) is 1. The summed E-state index contributed by atoms with van der Waals surface area (Å²) in [5.74, 6) is 0. The molecule has 5 nitrogen and oxygen atoms in total. The number of carbonyl (C=O) groups excluding carboxylic acids is 1. The van der Waals surface area contributed by atoms with Crippen molar-refractivity contribution in [3.8, 4) is 0 Å². The summed E-state index contributed by atoms with van der Waals surface area (Å²) in [7, 11) is 0. The molecule has 0 aromatic carbocycles. The van der Waals surface area contributed by atoms with Crippen LogP contribution < -0.4 is 5.32 Å². The molecule has 0 saturated carbocycles. The van der Waals surface area contributed by atoms with Crippen molar-refractivity contribution < 1.29 is 22.7 Å². The van der Waals surface area contributed by atoms with Crippen LogP contribution >= 0.6 is 0 Å². The second kappa shape index (κ2) is 6.62. The number of amides is 2. The Labute approximate surface area is 128 Å². The topological polar surface area (TPSA) is 44.8 Å². The third-order valence-electron chi connectivity index (χ3n) is 4.35. The number of hydrogen-bond donors (Lipinski definition) is 1. The van der Waals surface area contributed by atoms with Crippen molar-refractivity contribution in [3.05, 3.63) is 0 Å². The zero-order chi connectivity index (χ0) is 16.4. The fourth-order valence-corrected chi connectivity index (χ4v) is 3.00. The van der Waals surface area contributed by atoms with Crippen molar-refractivity contribution >= 4 is 6.03 Å². The van der Waals surface area contributed by atoms with Gasteiger partial charge in [0.05, 0.1) is 12.1 Å². The van der Waals surface area contributed by atoms with E-state index in [4.69, 9.17) is 4.74 Å². The molecule has 8 heteroatoms. The molecule has 0 aromatic rings. The highest BCUT2D eigenvalue weighted by molar-refractivity contribution is 5.74. The standard InChI is InChI=1S/C14H24F3N3O2/c1-11-8-19(5-6-20(11)10-14(15,16)17)12(21)18-9-13(2)4-3-7-22-13/h11H,3-10H2,1-2H3,(H,18,21). The van der Waals surface area contributed by atoms with Crippen molar-refractivity contribution in [1.29, 1.82) is 0 Å². The van der Waals surface area contributed by atoms with E-state index in [-0.39, 0.29) is 24.2 Å². The fraction of sp³-hybridized carbons (Fsp3) is 0.929. The highest BCUT2D eigenvalue weighted by Crippen LogP contribution is 2.24. The largest absolute Gasteiger partial charge is 0.401 e. The van der Waals surface area contributed by atoms with E-state index in [1.54, 1.807) is 11.8 Å². The minimum atomic E-state index is -4.20. The third-order valence-corrected chi connectivity index (χ3v) is 4.35. The van der Waals surface area contributed by atoms with Crippen LogP contribution in [0.2, 0.25) is 0 Å². The molecule has 0 radical (unpaired) electrons. The molecule has 2 aliphatic rings. The Balaban J connectivity index is 1.78. The number of hydrogen-bond acceptors (Lipinski definition) is 3. The first-order chi connectivity index (χ1) is 10.2. The summed E-state index contributed by atoms with van der Waals surface area (Å²) < 4.78 is 43.0. The van der Waals surface area contributed by atoms with E-state index in [9.17, 15) is 18.0 Å². The molecule has 2 rings (SSSR count). The normalized spacial score (nSPS) is 30.6. The van der Waals surface area contributed by atoms with Crippen LogP contribution in [0.3, 0.4) is 0 Å². The number of halogens is 3. The Kier molecular flexibility index (Phi) is 5.21. The smallest absolute Gasteiger partial charge is 0.373 e. The van der Waals surface area contributed by atoms with Gasteiger partial charge in [0, 0.05) is 38.8 Å². The van der Waals surface area contributed by atoms with E-state index in [1.165, 1.54) is 4.90 Å². The summed E-state index contributed by atoms with van der Waals surface area (Å²) in [6.45, 7) is 4.75. The quantitative estimate of drug-likeness (QED) is 0.862. The van der Waals surface area contributed by atoms with Gasteiger partial charge in [-0.2, -0.15) is 13.2 Å². The molecule has 0 aromatic heterocycles. The van der Waals surface area contributed by atoms with Crippen LogP contribution in [0, 0.1) is 0 Å². The van der Waals surface area contributed by atoms with Crippen LogP contribution in [0.1, 0.15) is 26.7 Å². The number of alkyl halides is 3. The second-order valence-corrected chi connectivity index (χ2v) is 6.44. The highest BCUT2D eigenvalue weighted by Gasteiger charge is 2.36. The summed E-state index contributed by atoms with van der Waals surface area (Å²) in [6.07, 6.45) is -2.31. The molecular weight excluding hydrogens is 299 g/mol. The van der Waals surface area contributed by atoms with Crippen molar-refractivity contribution in [3.63, 3.8) is 0 Å². The molecule has 2 saturated heterocycles. The predicted molar refractivity (Wildman–Crippen MR) is 75.7 cm³/mol. The first-order valence-electron chi connectivity index (χ1n) is 7.66. The van der Waals surface area contributed by atoms with Crippen molar-refractivity contribution in [2.45, 2.75) is 44.5 Å². The lowest BCUT2D eigenvalue weighted by Gasteiger charge is -2.40. The molecule has 2 amide bonds. The molecule has 2 aliphatic heterocycles. The van der Waals surface area contributed by atoms with Gasteiger partial charge >= 0.3 is 12.2 Å². The Hall–Kier alpha value is -1.02. The van der Waals surface area contributed by atoms with E-state index >= 15 is 0 Å². The average Bonchev–Trinajstić information content (AvgIpc) is 2.84. The summed E-state index contributed by atoms with van der Waals surface area (Å²) in [4.78, 5) is 15.1.